The van der Waals surface area contributed by atoms with Gasteiger partial charge in [-0.3, -0.25) is 0 Å². The van der Waals surface area contributed by atoms with Gasteiger partial charge in [-0.05, 0) is 150 Å². The standard InChI is InChI=1S/C40H70O/c1-5-9-11-31-13-21-35(22-14-31)37-25-17-33(18-26-37)29-39(7-3)41-40(8-4)30-34-19-27-38(28-20-34)36-23-15-32(16-24-36)12-10-6-2/h5-6,31-40H,1-2,7-30H2,3-4H3. The summed E-state index contributed by atoms with van der Waals surface area (Å²) in [4.78, 5) is 0. The Hall–Kier alpha value is -0.560. The van der Waals surface area contributed by atoms with Gasteiger partial charge in [0, 0.05) is 0 Å². The average Bonchev–Trinajstić information content (AvgIpc) is 3.03. The Morgan fingerprint density at radius 3 is 1.05 bits per heavy atom. The van der Waals surface area contributed by atoms with Gasteiger partial charge in [0.2, 0.25) is 0 Å². The van der Waals surface area contributed by atoms with Crippen LogP contribution in [-0.4, -0.2) is 12.2 Å². The lowest BCUT2D eigenvalue weighted by molar-refractivity contribution is -0.0450. The van der Waals surface area contributed by atoms with Gasteiger partial charge in [-0.2, -0.15) is 0 Å². The molecule has 0 spiro atoms. The van der Waals surface area contributed by atoms with Crippen molar-refractivity contribution < 1.29 is 4.74 Å². The minimum Gasteiger partial charge on any atom is -0.375 e. The van der Waals surface area contributed by atoms with Gasteiger partial charge >= 0.3 is 0 Å². The Bertz CT molecular complexity index is 634. The van der Waals surface area contributed by atoms with Gasteiger partial charge < -0.3 is 4.74 Å². The van der Waals surface area contributed by atoms with E-state index in [1.165, 1.54) is 154 Å². The van der Waals surface area contributed by atoms with Crippen molar-refractivity contribution in [1.29, 1.82) is 0 Å². The Balaban J connectivity index is 1.11. The van der Waals surface area contributed by atoms with Crippen molar-refractivity contribution in [3.8, 4) is 0 Å². The number of hydrogen-bond donors (Lipinski definition) is 0. The van der Waals surface area contributed by atoms with Gasteiger partial charge in [0.25, 0.3) is 0 Å². The van der Waals surface area contributed by atoms with E-state index >= 15 is 0 Å². The maximum Gasteiger partial charge on any atom is 0.0579 e. The lowest BCUT2D eigenvalue weighted by atomic mass is 9.68. The Labute approximate surface area is 257 Å². The topological polar surface area (TPSA) is 9.23 Å². The van der Waals surface area contributed by atoms with Crippen LogP contribution in [0.1, 0.15) is 168 Å². The third-order valence-corrected chi connectivity index (χ3v) is 12.9. The zero-order chi connectivity index (χ0) is 28.9. The SMILES string of the molecule is C=CCCC1CCC(C2CCC(CC(CC)OC(CC)CC3CCC(C4CCC(CCC=C)CC4)CC3)CC2)CC1. The largest absolute Gasteiger partial charge is 0.375 e. The molecule has 4 fully saturated rings. The monoisotopic (exact) mass is 567 g/mol. The molecule has 0 aromatic carbocycles. The Kier molecular flexibility index (Phi) is 14.9. The first-order chi connectivity index (χ1) is 20.1. The molecule has 2 atom stereocenters. The second-order valence-electron chi connectivity index (χ2n) is 15.5. The second-order valence-corrected chi connectivity index (χ2v) is 15.5. The van der Waals surface area contributed by atoms with E-state index in [0.717, 1.165) is 47.3 Å². The molecule has 1 heteroatoms. The van der Waals surface area contributed by atoms with E-state index in [4.69, 9.17) is 4.74 Å². The number of ether oxygens (including phenoxy) is 1. The fourth-order valence-corrected chi connectivity index (χ4v) is 10.0. The molecule has 4 saturated carbocycles. The van der Waals surface area contributed by atoms with Gasteiger partial charge in [-0.1, -0.05) is 77.4 Å². The maximum atomic E-state index is 6.91. The molecule has 1 nitrogen and oxygen atoms in total. The van der Waals surface area contributed by atoms with Gasteiger partial charge in [-0.15, -0.1) is 13.2 Å². The van der Waals surface area contributed by atoms with Gasteiger partial charge in [0.1, 0.15) is 0 Å². The minimum atomic E-state index is 0.495. The van der Waals surface area contributed by atoms with E-state index < -0.39 is 0 Å². The maximum absolute atomic E-state index is 6.91. The second kappa shape index (κ2) is 18.3. The quantitative estimate of drug-likeness (QED) is 0.169. The van der Waals surface area contributed by atoms with Crippen molar-refractivity contribution in [3.63, 3.8) is 0 Å². The molecule has 4 rings (SSSR count). The lowest BCUT2D eigenvalue weighted by Crippen LogP contribution is -2.30. The normalized spacial score (nSPS) is 36.3. The summed E-state index contributed by atoms with van der Waals surface area (Å²) >= 11 is 0. The van der Waals surface area contributed by atoms with Crippen LogP contribution >= 0.6 is 0 Å². The van der Waals surface area contributed by atoms with Crippen LogP contribution in [-0.2, 0) is 4.74 Å². The molecular formula is C40H70O. The van der Waals surface area contributed by atoms with Crippen molar-refractivity contribution in [1.82, 2.24) is 0 Å². The van der Waals surface area contributed by atoms with Crippen LogP contribution in [0.25, 0.3) is 0 Å². The molecule has 0 aromatic rings. The first kappa shape index (κ1) is 33.3. The number of allylic oxidation sites excluding steroid dienone is 2. The summed E-state index contributed by atoms with van der Waals surface area (Å²) in [6.07, 6.45) is 39.4. The molecule has 0 aromatic heterocycles. The Morgan fingerprint density at radius 1 is 0.488 bits per heavy atom. The summed E-state index contributed by atoms with van der Waals surface area (Å²) in [6, 6.07) is 0. The summed E-state index contributed by atoms with van der Waals surface area (Å²) in [5.74, 6) is 7.93. The molecule has 0 heterocycles. The molecule has 0 saturated heterocycles. The molecule has 2 unspecified atom stereocenters. The molecule has 236 valence electrons. The third kappa shape index (κ3) is 10.8. The highest BCUT2D eigenvalue weighted by Gasteiger charge is 2.33. The van der Waals surface area contributed by atoms with Crippen molar-refractivity contribution in [2.24, 2.45) is 47.3 Å². The first-order valence-corrected chi connectivity index (χ1v) is 19.0. The van der Waals surface area contributed by atoms with E-state index in [-0.39, 0.29) is 0 Å². The molecule has 0 aliphatic heterocycles. The van der Waals surface area contributed by atoms with Gasteiger partial charge in [0.05, 0.1) is 12.2 Å². The van der Waals surface area contributed by atoms with Crippen LogP contribution in [0.2, 0.25) is 0 Å². The van der Waals surface area contributed by atoms with Crippen LogP contribution < -0.4 is 0 Å². The predicted octanol–water partition coefficient (Wildman–Crippen LogP) is 12.5. The van der Waals surface area contributed by atoms with Crippen molar-refractivity contribution >= 4 is 0 Å². The molecule has 0 radical (unpaired) electrons. The fourth-order valence-electron chi connectivity index (χ4n) is 10.0. The molecule has 41 heavy (non-hydrogen) atoms. The van der Waals surface area contributed by atoms with Gasteiger partial charge in [0.15, 0.2) is 0 Å². The molecule has 0 amide bonds. The first-order valence-electron chi connectivity index (χ1n) is 19.0. The van der Waals surface area contributed by atoms with E-state index in [1.807, 2.05) is 0 Å². The summed E-state index contributed by atoms with van der Waals surface area (Å²) in [5.41, 5.74) is 0. The highest BCUT2D eigenvalue weighted by molar-refractivity contribution is 4.86. The highest BCUT2D eigenvalue weighted by atomic mass is 16.5. The summed E-state index contributed by atoms with van der Waals surface area (Å²) in [6.45, 7) is 12.6. The van der Waals surface area contributed by atoms with Gasteiger partial charge in [-0.25, -0.2) is 0 Å². The van der Waals surface area contributed by atoms with Crippen molar-refractivity contribution in [3.05, 3.63) is 25.3 Å². The summed E-state index contributed by atoms with van der Waals surface area (Å²) in [7, 11) is 0. The smallest absolute Gasteiger partial charge is 0.0579 e. The molecule has 4 aliphatic carbocycles. The van der Waals surface area contributed by atoms with Crippen LogP contribution in [0.4, 0.5) is 0 Å². The van der Waals surface area contributed by atoms with Crippen molar-refractivity contribution in [2.45, 2.75) is 180 Å². The molecule has 0 N–H and O–H groups in total. The van der Waals surface area contributed by atoms with Crippen LogP contribution in [0.15, 0.2) is 25.3 Å². The molecule has 0 bridgehead atoms. The van der Waals surface area contributed by atoms with Crippen LogP contribution in [0.5, 0.6) is 0 Å². The zero-order valence-corrected chi connectivity index (χ0v) is 27.7. The number of hydrogen-bond acceptors (Lipinski definition) is 1. The van der Waals surface area contributed by atoms with Crippen molar-refractivity contribution in [2.75, 3.05) is 0 Å². The Morgan fingerprint density at radius 2 is 0.780 bits per heavy atom. The van der Waals surface area contributed by atoms with E-state index in [0.29, 0.717) is 12.2 Å². The minimum absolute atomic E-state index is 0.495. The fraction of sp³-hybridized carbons (Fsp3) is 0.900. The summed E-state index contributed by atoms with van der Waals surface area (Å²) in [5, 5.41) is 0. The third-order valence-electron chi connectivity index (χ3n) is 12.9. The average molecular weight is 567 g/mol. The number of rotatable bonds is 16. The predicted molar refractivity (Wildman–Crippen MR) is 179 cm³/mol. The highest BCUT2D eigenvalue weighted by Crippen LogP contribution is 2.45. The van der Waals surface area contributed by atoms with Crippen LogP contribution in [0.3, 0.4) is 0 Å². The zero-order valence-electron chi connectivity index (χ0n) is 27.7. The molecule has 4 aliphatic rings. The molecular weight excluding hydrogens is 496 g/mol. The summed E-state index contributed by atoms with van der Waals surface area (Å²) < 4.78 is 6.91. The van der Waals surface area contributed by atoms with E-state index in [9.17, 15) is 0 Å². The lowest BCUT2D eigenvalue weighted by Gasteiger charge is -2.39. The van der Waals surface area contributed by atoms with E-state index in [2.05, 4.69) is 39.2 Å². The van der Waals surface area contributed by atoms with E-state index in [1.54, 1.807) is 0 Å². The van der Waals surface area contributed by atoms with Crippen LogP contribution in [0, 0.1) is 47.3 Å².